The highest BCUT2D eigenvalue weighted by atomic mass is 32.1. The van der Waals surface area contributed by atoms with Gasteiger partial charge in [0.1, 0.15) is 5.01 Å². The number of aromatic nitrogens is 4. The molecule has 2 aromatic rings. The average Bonchev–Trinajstić information content (AvgIpc) is 2.98. The van der Waals surface area contributed by atoms with E-state index in [2.05, 4.69) is 31.0 Å². The summed E-state index contributed by atoms with van der Waals surface area (Å²) >= 11 is 1.66. The quantitative estimate of drug-likeness (QED) is 0.924. The molecule has 2 heterocycles. The maximum Gasteiger partial charge on any atom is 0.234 e. The van der Waals surface area contributed by atoms with Gasteiger partial charge in [0.15, 0.2) is 5.82 Å². The van der Waals surface area contributed by atoms with Crippen molar-refractivity contribution in [3.63, 3.8) is 0 Å². The van der Waals surface area contributed by atoms with Crippen LogP contribution in [0, 0.1) is 0 Å². The van der Waals surface area contributed by atoms with E-state index >= 15 is 0 Å². The minimum atomic E-state index is -0.0484. The molecule has 0 radical (unpaired) electrons. The first-order chi connectivity index (χ1) is 9.46. The zero-order valence-corrected chi connectivity index (χ0v) is 13.3. The van der Waals surface area contributed by atoms with E-state index in [1.807, 2.05) is 4.52 Å². The van der Waals surface area contributed by atoms with Crippen LogP contribution in [-0.4, -0.2) is 26.4 Å². The van der Waals surface area contributed by atoms with Gasteiger partial charge in [0.05, 0.1) is 0 Å². The van der Waals surface area contributed by atoms with E-state index in [1.165, 1.54) is 19.3 Å². The first-order valence-electron chi connectivity index (χ1n) is 7.40. The van der Waals surface area contributed by atoms with Crippen LogP contribution in [0.15, 0.2) is 0 Å². The van der Waals surface area contributed by atoms with Gasteiger partial charge < -0.3 is 5.73 Å². The summed E-state index contributed by atoms with van der Waals surface area (Å²) in [6.07, 6.45) is 6.13. The molecule has 1 aliphatic carbocycles. The summed E-state index contributed by atoms with van der Waals surface area (Å²) in [6.45, 7) is 7.10. The van der Waals surface area contributed by atoms with Gasteiger partial charge in [-0.2, -0.15) is 9.61 Å². The first-order valence-corrected chi connectivity index (χ1v) is 8.21. The minimum Gasteiger partial charge on any atom is -0.329 e. The maximum atomic E-state index is 6.11. The minimum absolute atomic E-state index is 0.0484. The van der Waals surface area contributed by atoms with Crippen LogP contribution in [0.3, 0.4) is 0 Å². The molecule has 0 saturated heterocycles. The molecule has 0 aromatic carbocycles. The summed E-state index contributed by atoms with van der Waals surface area (Å²) in [6, 6.07) is 0. The second kappa shape index (κ2) is 4.77. The smallest absolute Gasteiger partial charge is 0.234 e. The Balaban J connectivity index is 2.06. The van der Waals surface area contributed by atoms with Crippen molar-refractivity contribution in [2.24, 2.45) is 5.73 Å². The molecule has 1 aliphatic rings. The van der Waals surface area contributed by atoms with Crippen LogP contribution in [0.2, 0.25) is 0 Å². The normalized spacial score (nSPS) is 19.6. The Bertz CT molecular complexity index is 601. The molecule has 2 aromatic heterocycles. The molecule has 110 valence electrons. The summed E-state index contributed by atoms with van der Waals surface area (Å²) in [5.74, 6) is 0.929. The van der Waals surface area contributed by atoms with E-state index < -0.39 is 0 Å². The molecule has 2 N–H and O–H groups in total. The summed E-state index contributed by atoms with van der Waals surface area (Å²) < 4.78 is 1.92. The fraction of sp³-hybridized carbons (Fsp3) is 0.786. The van der Waals surface area contributed by atoms with Crippen molar-refractivity contribution >= 4 is 16.3 Å². The molecule has 20 heavy (non-hydrogen) atoms. The molecule has 1 fully saturated rings. The van der Waals surface area contributed by atoms with Crippen molar-refractivity contribution in [1.82, 2.24) is 19.8 Å². The predicted molar refractivity (Wildman–Crippen MR) is 81.2 cm³/mol. The Kier molecular flexibility index (Phi) is 3.33. The van der Waals surface area contributed by atoms with Gasteiger partial charge in [0.2, 0.25) is 4.96 Å². The second-order valence-electron chi connectivity index (χ2n) is 6.92. The Labute approximate surface area is 123 Å². The van der Waals surface area contributed by atoms with Crippen LogP contribution in [-0.2, 0) is 10.8 Å². The number of rotatable bonds is 2. The van der Waals surface area contributed by atoms with Crippen LogP contribution in [0.5, 0.6) is 0 Å². The summed E-state index contributed by atoms with van der Waals surface area (Å²) in [7, 11) is 0. The van der Waals surface area contributed by atoms with Gasteiger partial charge in [0.25, 0.3) is 0 Å². The predicted octanol–water partition coefficient (Wildman–Crippen LogP) is 2.64. The van der Waals surface area contributed by atoms with Crippen molar-refractivity contribution in [1.29, 1.82) is 0 Å². The standard InChI is InChI=1S/C14H23N5S/c1-13(2,3)10-16-17-12-19(10)18-11(20-12)14(9-15)7-5-4-6-8-14/h4-9,15H2,1-3H3. The van der Waals surface area contributed by atoms with Crippen LogP contribution < -0.4 is 5.73 Å². The highest BCUT2D eigenvalue weighted by Crippen LogP contribution is 2.40. The summed E-state index contributed by atoms with van der Waals surface area (Å²) in [5, 5.41) is 14.6. The molecule has 0 unspecified atom stereocenters. The van der Waals surface area contributed by atoms with Gasteiger partial charge >= 0.3 is 0 Å². The van der Waals surface area contributed by atoms with Gasteiger partial charge in [-0.05, 0) is 12.8 Å². The first kappa shape index (κ1) is 13.9. The Hall–Kier alpha value is -1.01. The lowest BCUT2D eigenvalue weighted by molar-refractivity contribution is 0.297. The fourth-order valence-electron chi connectivity index (χ4n) is 3.03. The fourth-order valence-corrected chi connectivity index (χ4v) is 4.13. The third-order valence-electron chi connectivity index (χ3n) is 4.32. The molecule has 0 bridgehead atoms. The van der Waals surface area contributed by atoms with E-state index in [0.717, 1.165) is 28.6 Å². The molecule has 0 spiro atoms. The highest BCUT2D eigenvalue weighted by Gasteiger charge is 2.37. The molecular formula is C14H23N5S. The van der Waals surface area contributed by atoms with E-state index in [9.17, 15) is 0 Å². The SMILES string of the molecule is CC(C)(C)c1nnc2sc(C3(CN)CCCCC3)nn12. The molecular weight excluding hydrogens is 270 g/mol. The van der Waals surface area contributed by atoms with Crippen LogP contribution >= 0.6 is 11.3 Å². The summed E-state index contributed by atoms with van der Waals surface area (Å²) in [4.78, 5) is 0.892. The number of hydrogen-bond donors (Lipinski definition) is 1. The van der Waals surface area contributed by atoms with Crippen LogP contribution in [0.4, 0.5) is 0 Å². The van der Waals surface area contributed by atoms with Crippen LogP contribution in [0.1, 0.15) is 63.7 Å². The topological polar surface area (TPSA) is 69.1 Å². The lowest BCUT2D eigenvalue weighted by Gasteiger charge is -2.33. The third-order valence-corrected chi connectivity index (χ3v) is 5.46. The van der Waals surface area contributed by atoms with E-state index in [4.69, 9.17) is 10.8 Å². The number of fused-ring (bicyclic) bond motifs is 1. The number of nitrogens with two attached hydrogens (primary N) is 1. The van der Waals surface area contributed by atoms with Gasteiger partial charge in [-0.15, -0.1) is 10.2 Å². The largest absolute Gasteiger partial charge is 0.329 e. The van der Waals surface area contributed by atoms with Crippen LogP contribution in [0.25, 0.3) is 4.96 Å². The van der Waals surface area contributed by atoms with Gasteiger partial charge in [-0.25, -0.2) is 0 Å². The van der Waals surface area contributed by atoms with Crippen molar-refractivity contribution in [3.05, 3.63) is 10.8 Å². The highest BCUT2D eigenvalue weighted by molar-refractivity contribution is 7.16. The molecule has 0 atom stereocenters. The van der Waals surface area contributed by atoms with Gasteiger partial charge in [-0.3, -0.25) is 0 Å². The molecule has 3 rings (SSSR count). The van der Waals surface area contributed by atoms with E-state index in [1.54, 1.807) is 11.3 Å². The second-order valence-corrected chi connectivity index (χ2v) is 7.88. The molecule has 1 saturated carbocycles. The monoisotopic (exact) mass is 293 g/mol. The van der Waals surface area contributed by atoms with Gasteiger partial charge in [0, 0.05) is 17.4 Å². The molecule has 0 aliphatic heterocycles. The van der Waals surface area contributed by atoms with Gasteiger partial charge in [-0.1, -0.05) is 51.4 Å². The number of hydrogen-bond acceptors (Lipinski definition) is 5. The Morgan fingerprint density at radius 2 is 1.90 bits per heavy atom. The third kappa shape index (κ3) is 2.15. The van der Waals surface area contributed by atoms with Crippen molar-refractivity contribution in [3.8, 4) is 0 Å². The van der Waals surface area contributed by atoms with E-state index in [0.29, 0.717) is 6.54 Å². The molecule has 6 heteroatoms. The van der Waals surface area contributed by atoms with E-state index in [-0.39, 0.29) is 10.8 Å². The summed E-state index contributed by atoms with van der Waals surface area (Å²) in [5.41, 5.74) is 6.13. The molecule has 5 nitrogen and oxygen atoms in total. The lowest BCUT2D eigenvalue weighted by atomic mass is 9.74. The Morgan fingerprint density at radius 3 is 2.50 bits per heavy atom. The van der Waals surface area contributed by atoms with Crippen molar-refractivity contribution in [2.75, 3.05) is 6.54 Å². The van der Waals surface area contributed by atoms with Crippen molar-refractivity contribution in [2.45, 2.75) is 63.7 Å². The lowest BCUT2D eigenvalue weighted by Crippen LogP contribution is -2.37. The zero-order valence-electron chi connectivity index (χ0n) is 12.5. The maximum absolute atomic E-state index is 6.11. The van der Waals surface area contributed by atoms with Crippen molar-refractivity contribution < 1.29 is 0 Å². The Morgan fingerprint density at radius 1 is 1.20 bits per heavy atom. The number of nitrogens with zero attached hydrogens (tertiary/aromatic N) is 4. The molecule has 0 amide bonds. The zero-order chi connectivity index (χ0) is 14.4. The average molecular weight is 293 g/mol.